The highest BCUT2D eigenvalue weighted by atomic mass is 19.1. The Morgan fingerprint density at radius 1 is 1.06 bits per heavy atom. The number of amides is 2. The third-order valence-corrected chi connectivity index (χ3v) is 6.14. The van der Waals surface area contributed by atoms with E-state index in [2.05, 4.69) is 29.7 Å². The monoisotopic (exact) mass is 485 g/mol. The van der Waals surface area contributed by atoms with Gasteiger partial charge in [-0.05, 0) is 61.2 Å². The predicted molar refractivity (Wildman–Crippen MR) is 133 cm³/mol. The minimum atomic E-state index is -0.793. The van der Waals surface area contributed by atoms with Crippen LogP contribution in [0.25, 0.3) is 0 Å². The van der Waals surface area contributed by atoms with Gasteiger partial charge in [0, 0.05) is 31.2 Å². The van der Waals surface area contributed by atoms with Gasteiger partial charge in [0.05, 0.1) is 20.3 Å². The average molecular weight is 486 g/mol. The van der Waals surface area contributed by atoms with Crippen LogP contribution in [0.15, 0.2) is 48.5 Å². The average Bonchev–Trinajstić information content (AvgIpc) is 3.42. The Balaban J connectivity index is 1.53. The number of ether oxygens (including phenoxy) is 2. The van der Waals surface area contributed by atoms with E-state index in [-0.39, 0.29) is 18.6 Å². The van der Waals surface area contributed by atoms with Crippen LogP contribution >= 0.6 is 0 Å². The summed E-state index contributed by atoms with van der Waals surface area (Å²) in [5.41, 5.74) is 1.48. The maximum Gasteiger partial charge on any atom is 0.251 e. The van der Waals surface area contributed by atoms with Crippen molar-refractivity contribution >= 4 is 11.8 Å². The fraction of sp³-hybridized carbons (Fsp3) is 0.481. The molecule has 2 atom stereocenters. The van der Waals surface area contributed by atoms with Gasteiger partial charge in [0.2, 0.25) is 5.91 Å². The number of benzene rings is 2. The number of carbonyl (C=O) groups is 2. The van der Waals surface area contributed by atoms with E-state index in [4.69, 9.17) is 9.47 Å². The molecule has 0 aromatic heterocycles. The molecule has 8 heteroatoms. The van der Waals surface area contributed by atoms with E-state index in [9.17, 15) is 14.0 Å². The molecule has 2 aromatic carbocycles. The summed E-state index contributed by atoms with van der Waals surface area (Å²) < 4.78 is 24.3. The third-order valence-electron chi connectivity index (χ3n) is 6.14. The second-order valence-corrected chi connectivity index (χ2v) is 8.71. The maximum atomic E-state index is 13.2. The van der Waals surface area contributed by atoms with Crippen LogP contribution in [0.3, 0.4) is 0 Å². The minimum Gasteiger partial charge on any atom is -0.497 e. The van der Waals surface area contributed by atoms with Gasteiger partial charge in [-0.3, -0.25) is 9.59 Å². The van der Waals surface area contributed by atoms with Crippen molar-refractivity contribution in [1.29, 1.82) is 0 Å². The second kappa shape index (κ2) is 13.8. The van der Waals surface area contributed by atoms with Crippen molar-refractivity contribution in [3.63, 3.8) is 0 Å². The minimum absolute atomic E-state index is 0.0743. The number of nitrogens with one attached hydrogen (secondary N) is 2. The summed E-state index contributed by atoms with van der Waals surface area (Å²) in [4.78, 5) is 27.4. The van der Waals surface area contributed by atoms with Gasteiger partial charge in [-0.1, -0.05) is 25.5 Å². The largest absolute Gasteiger partial charge is 0.497 e. The smallest absolute Gasteiger partial charge is 0.251 e. The van der Waals surface area contributed by atoms with Crippen LogP contribution in [-0.4, -0.2) is 62.7 Å². The first-order valence-electron chi connectivity index (χ1n) is 12.3. The van der Waals surface area contributed by atoms with E-state index in [1.54, 1.807) is 12.0 Å². The molecule has 2 N–H and O–H groups in total. The second-order valence-electron chi connectivity index (χ2n) is 8.71. The summed E-state index contributed by atoms with van der Waals surface area (Å²) >= 11 is 0. The summed E-state index contributed by atoms with van der Waals surface area (Å²) in [6.45, 7) is 4.59. The fourth-order valence-corrected chi connectivity index (χ4v) is 4.19. The van der Waals surface area contributed by atoms with Crippen molar-refractivity contribution in [3.8, 4) is 5.75 Å². The number of carbonyl (C=O) groups excluding carboxylic acids is 2. The first kappa shape index (κ1) is 26.6. The molecule has 1 aliphatic heterocycles. The molecule has 3 rings (SSSR count). The summed E-state index contributed by atoms with van der Waals surface area (Å²) in [6.07, 6.45) is 3.93. The highest BCUT2D eigenvalue weighted by molar-refractivity contribution is 5.97. The molecule has 35 heavy (non-hydrogen) atoms. The van der Waals surface area contributed by atoms with Gasteiger partial charge >= 0.3 is 0 Å². The molecule has 1 saturated heterocycles. The molecule has 0 saturated carbocycles. The Labute approximate surface area is 207 Å². The quantitative estimate of drug-likeness (QED) is 0.423. The third kappa shape index (κ3) is 8.04. The zero-order valence-corrected chi connectivity index (χ0v) is 20.6. The van der Waals surface area contributed by atoms with Crippen LogP contribution in [-0.2, 0) is 9.53 Å². The van der Waals surface area contributed by atoms with Crippen molar-refractivity contribution in [2.24, 2.45) is 0 Å². The van der Waals surface area contributed by atoms with Gasteiger partial charge in [0.25, 0.3) is 5.91 Å². The van der Waals surface area contributed by atoms with Crippen LogP contribution in [0.1, 0.15) is 54.6 Å². The Morgan fingerprint density at radius 2 is 1.74 bits per heavy atom. The number of hydrogen-bond donors (Lipinski definition) is 2. The molecule has 7 nitrogen and oxygen atoms in total. The number of nitrogens with zero attached hydrogens (tertiary/aromatic N) is 1. The Morgan fingerprint density at radius 3 is 2.37 bits per heavy atom. The molecular formula is C27H36FN3O4. The van der Waals surface area contributed by atoms with E-state index in [1.165, 1.54) is 29.8 Å². The van der Waals surface area contributed by atoms with E-state index >= 15 is 0 Å². The summed E-state index contributed by atoms with van der Waals surface area (Å²) in [6, 6.07) is 12.7. The molecule has 0 aliphatic carbocycles. The van der Waals surface area contributed by atoms with Crippen molar-refractivity contribution in [3.05, 3.63) is 65.5 Å². The van der Waals surface area contributed by atoms with E-state index < -0.39 is 17.8 Å². The molecule has 2 aromatic rings. The Kier molecular flexibility index (Phi) is 10.5. The number of rotatable bonds is 13. The lowest BCUT2D eigenvalue weighted by Crippen LogP contribution is -2.50. The summed E-state index contributed by atoms with van der Waals surface area (Å²) in [5, 5.41) is 6.30. The Bertz CT molecular complexity index is 930. The molecule has 0 bridgehead atoms. The number of methoxy groups -OCH3 is 1. The summed E-state index contributed by atoms with van der Waals surface area (Å²) in [7, 11) is 1.65. The standard InChI is InChI=1S/C27H36FN3O4/c1-3-6-24(20-9-13-23(34-2)14-10-20)29-15-18-35-19-25(27(33)31-16-4-5-17-31)30-26(32)21-7-11-22(28)12-8-21/h7-14,24-25,29H,3-6,15-19H2,1-2H3,(H,30,32)/t24-,25-/m0/s1. The highest BCUT2D eigenvalue weighted by Crippen LogP contribution is 2.21. The molecule has 0 spiro atoms. The Hall–Kier alpha value is -2.97. The molecule has 1 heterocycles. The van der Waals surface area contributed by atoms with Gasteiger partial charge in [-0.2, -0.15) is 0 Å². The predicted octanol–water partition coefficient (Wildman–Crippen LogP) is 3.70. The van der Waals surface area contributed by atoms with Gasteiger partial charge in [0.1, 0.15) is 17.6 Å². The van der Waals surface area contributed by atoms with Crippen LogP contribution in [0.2, 0.25) is 0 Å². The van der Waals surface area contributed by atoms with Crippen LogP contribution in [0.4, 0.5) is 4.39 Å². The van der Waals surface area contributed by atoms with Crippen molar-refractivity contribution in [2.75, 3.05) is 40.0 Å². The van der Waals surface area contributed by atoms with Gasteiger partial charge < -0.3 is 25.0 Å². The normalized spacial score (nSPS) is 15.0. The number of halogens is 1. The lowest BCUT2D eigenvalue weighted by Gasteiger charge is -2.24. The van der Waals surface area contributed by atoms with Crippen molar-refractivity contribution < 1.29 is 23.5 Å². The molecular weight excluding hydrogens is 449 g/mol. The molecule has 2 amide bonds. The maximum absolute atomic E-state index is 13.2. The first-order valence-corrected chi connectivity index (χ1v) is 12.3. The number of hydrogen-bond acceptors (Lipinski definition) is 5. The van der Waals surface area contributed by atoms with E-state index in [1.807, 2.05) is 12.1 Å². The van der Waals surface area contributed by atoms with Gasteiger partial charge in [-0.25, -0.2) is 4.39 Å². The lowest BCUT2D eigenvalue weighted by atomic mass is 10.0. The summed E-state index contributed by atoms with van der Waals surface area (Å²) in [5.74, 6) is -0.165. The van der Waals surface area contributed by atoms with Gasteiger partial charge in [0.15, 0.2) is 0 Å². The van der Waals surface area contributed by atoms with Crippen molar-refractivity contribution in [1.82, 2.24) is 15.5 Å². The molecule has 0 radical (unpaired) electrons. The first-order chi connectivity index (χ1) is 17.0. The van der Waals surface area contributed by atoms with Crippen molar-refractivity contribution in [2.45, 2.75) is 44.7 Å². The molecule has 1 fully saturated rings. The zero-order valence-electron chi connectivity index (χ0n) is 20.6. The number of likely N-dealkylation sites (tertiary alicyclic amines) is 1. The fourth-order valence-electron chi connectivity index (χ4n) is 4.19. The van der Waals surface area contributed by atoms with Crippen LogP contribution in [0, 0.1) is 5.82 Å². The van der Waals surface area contributed by atoms with E-state index in [0.29, 0.717) is 31.8 Å². The molecule has 190 valence electrons. The SMILES string of the molecule is CCC[C@H](NCCOC[C@H](NC(=O)c1ccc(F)cc1)C(=O)N1CCCC1)c1ccc(OC)cc1. The molecule has 1 aliphatic rings. The van der Waals surface area contributed by atoms with Crippen LogP contribution < -0.4 is 15.4 Å². The highest BCUT2D eigenvalue weighted by Gasteiger charge is 2.28. The lowest BCUT2D eigenvalue weighted by molar-refractivity contribution is -0.133. The van der Waals surface area contributed by atoms with E-state index in [0.717, 1.165) is 31.4 Å². The topological polar surface area (TPSA) is 79.9 Å². The molecule has 0 unspecified atom stereocenters. The van der Waals surface area contributed by atoms with Crippen LogP contribution in [0.5, 0.6) is 5.75 Å². The zero-order chi connectivity index (χ0) is 25.0. The van der Waals surface area contributed by atoms with Gasteiger partial charge in [-0.15, -0.1) is 0 Å².